The van der Waals surface area contributed by atoms with Gasteiger partial charge in [-0.25, -0.2) is 4.79 Å². The van der Waals surface area contributed by atoms with Crippen molar-refractivity contribution in [3.63, 3.8) is 0 Å². The second kappa shape index (κ2) is 6.38. The summed E-state index contributed by atoms with van der Waals surface area (Å²) in [5.74, 6) is 0.670. The molecule has 0 fully saturated rings. The molecule has 0 saturated heterocycles. The first kappa shape index (κ1) is 12.8. The van der Waals surface area contributed by atoms with Gasteiger partial charge in [-0.3, -0.25) is 4.90 Å². The predicted octanol–water partition coefficient (Wildman–Crippen LogP) is 1.79. The Hall–Kier alpha value is -2.22. The summed E-state index contributed by atoms with van der Waals surface area (Å²) < 4.78 is 10.2. The highest BCUT2D eigenvalue weighted by molar-refractivity contribution is 5.67. The summed E-state index contributed by atoms with van der Waals surface area (Å²) >= 11 is 0. The number of hydrogen-bond donors (Lipinski definition) is 0. The number of nitrogens with zero attached hydrogens (tertiary/aromatic N) is 2. The molecule has 0 atom stereocenters. The van der Waals surface area contributed by atoms with Crippen molar-refractivity contribution >= 4 is 6.09 Å². The fourth-order valence-electron chi connectivity index (χ4n) is 1.24. The third-order valence-corrected chi connectivity index (χ3v) is 2.16. The highest BCUT2D eigenvalue weighted by Gasteiger charge is 2.10. The highest BCUT2D eigenvalue weighted by Crippen LogP contribution is 2.18. The molecule has 0 bridgehead atoms. The molecule has 1 aromatic rings. The van der Waals surface area contributed by atoms with Crippen LogP contribution >= 0.6 is 0 Å². The van der Waals surface area contributed by atoms with E-state index in [9.17, 15) is 4.79 Å². The molecule has 0 N–H and O–H groups in total. The molecule has 0 radical (unpaired) electrons. The average Bonchev–Trinajstić information content (AvgIpc) is 2.36. The fraction of sp³-hybridized carbons (Fsp3) is 0.333. The summed E-state index contributed by atoms with van der Waals surface area (Å²) in [5.41, 5.74) is 0.786. The van der Waals surface area contributed by atoms with Gasteiger partial charge in [-0.15, -0.1) is 0 Å². The van der Waals surface area contributed by atoms with Crippen LogP contribution in [0.15, 0.2) is 24.3 Å². The third-order valence-electron chi connectivity index (χ3n) is 2.16. The van der Waals surface area contributed by atoms with Crippen LogP contribution in [0.1, 0.15) is 5.56 Å². The quantitative estimate of drug-likeness (QED) is 0.745. The largest absolute Gasteiger partial charge is 0.496 e. The van der Waals surface area contributed by atoms with E-state index < -0.39 is 6.09 Å². The molecule has 1 amide bonds. The molecule has 0 aliphatic heterocycles. The van der Waals surface area contributed by atoms with E-state index in [1.54, 1.807) is 13.2 Å². The Bertz CT molecular complexity index is 426. The second-order valence-electron chi connectivity index (χ2n) is 3.38. The minimum Gasteiger partial charge on any atom is -0.496 e. The van der Waals surface area contributed by atoms with Gasteiger partial charge >= 0.3 is 6.09 Å². The topological polar surface area (TPSA) is 62.6 Å². The maximum absolute atomic E-state index is 11.4. The van der Waals surface area contributed by atoms with E-state index in [2.05, 4.69) is 0 Å². The molecular weight excluding hydrogens is 220 g/mol. The van der Waals surface area contributed by atoms with Gasteiger partial charge in [0.1, 0.15) is 18.9 Å². The number of amides is 1. The minimum absolute atomic E-state index is 0.00472. The normalized spacial score (nSPS) is 9.24. The van der Waals surface area contributed by atoms with Crippen LogP contribution in [0.5, 0.6) is 5.75 Å². The summed E-state index contributed by atoms with van der Waals surface area (Å²) in [7, 11) is 3.07. The van der Waals surface area contributed by atoms with Gasteiger partial charge in [0.2, 0.25) is 0 Å². The average molecular weight is 234 g/mol. The molecule has 5 heteroatoms. The van der Waals surface area contributed by atoms with Crippen LogP contribution in [0, 0.1) is 11.3 Å². The maximum atomic E-state index is 11.4. The number of methoxy groups -OCH3 is 1. The first-order valence-corrected chi connectivity index (χ1v) is 5.05. The van der Waals surface area contributed by atoms with Crippen LogP contribution < -0.4 is 4.74 Å². The molecule has 0 aromatic heterocycles. The third kappa shape index (κ3) is 3.68. The molecular formula is C12H14N2O3. The summed E-state index contributed by atoms with van der Waals surface area (Å²) in [5, 5.41) is 8.43. The maximum Gasteiger partial charge on any atom is 0.410 e. The Balaban J connectivity index is 2.56. The van der Waals surface area contributed by atoms with Crippen molar-refractivity contribution in [2.45, 2.75) is 6.61 Å². The van der Waals surface area contributed by atoms with E-state index in [0.717, 1.165) is 5.56 Å². The van der Waals surface area contributed by atoms with Crippen molar-refractivity contribution < 1.29 is 14.3 Å². The van der Waals surface area contributed by atoms with Crippen molar-refractivity contribution in [2.24, 2.45) is 0 Å². The van der Waals surface area contributed by atoms with Crippen LogP contribution in [0.4, 0.5) is 4.79 Å². The lowest BCUT2D eigenvalue weighted by molar-refractivity contribution is 0.108. The standard InChI is InChI=1S/C12H14N2O3/c1-14(8-7-13)12(15)17-9-10-5-3-4-6-11(10)16-2/h3-6H,8-9H2,1-2H3. The predicted molar refractivity (Wildman–Crippen MR) is 61.4 cm³/mol. The number of rotatable bonds is 4. The summed E-state index contributed by atoms with van der Waals surface area (Å²) in [4.78, 5) is 12.6. The number of hydrogen-bond acceptors (Lipinski definition) is 4. The van der Waals surface area contributed by atoms with E-state index in [1.165, 1.54) is 11.9 Å². The molecule has 0 aliphatic carbocycles. The van der Waals surface area contributed by atoms with Gasteiger partial charge in [0.15, 0.2) is 0 Å². The molecule has 17 heavy (non-hydrogen) atoms. The SMILES string of the molecule is COc1ccccc1COC(=O)N(C)CC#N. The van der Waals surface area contributed by atoms with Crippen LogP contribution in [0.2, 0.25) is 0 Å². The molecule has 0 aliphatic rings. The van der Waals surface area contributed by atoms with Crippen molar-refractivity contribution in [1.29, 1.82) is 5.26 Å². The molecule has 1 rings (SSSR count). The van der Waals surface area contributed by atoms with Gasteiger partial charge in [-0.05, 0) is 6.07 Å². The van der Waals surface area contributed by atoms with Crippen LogP contribution in [0.25, 0.3) is 0 Å². The van der Waals surface area contributed by atoms with E-state index in [0.29, 0.717) is 5.75 Å². The Morgan fingerprint density at radius 1 is 1.47 bits per heavy atom. The lowest BCUT2D eigenvalue weighted by Crippen LogP contribution is -2.27. The smallest absolute Gasteiger partial charge is 0.410 e. The minimum atomic E-state index is -0.530. The molecule has 0 heterocycles. The van der Waals surface area contributed by atoms with Gasteiger partial charge in [-0.1, -0.05) is 18.2 Å². The first-order chi connectivity index (χ1) is 8.19. The lowest BCUT2D eigenvalue weighted by atomic mass is 10.2. The van der Waals surface area contributed by atoms with E-state index in [1.807, 2.05) is 24.3 Å². The van der Waals surface area contributed by atoms with Gasteiger partial charge in [0, 0.05) is 12.6 Å². The van der Waals surface area contributed by atoms with Gasteiger partial charge in [0.05, 0.1) is 13.2 Å². The molecule has 0 spiro atoms. The van der Waals surface area contributed by atoms with E-state index in [-0.39, 0.29) is 13.2 Å². The van der Waals surface area contributed by atoms with E-state index in [4.69, 9.17) is 14.7 Å². The summed E-state index contributed by atoms with van der Waals surface area (Å²) in [6.45, 7) is 0.128. The molecule has 1 aromatic carbocycles. The van der Waals surface area contributed by atoms with Crippen molar-refractivity contribution in [2.75, 3.05) is 20.7 Å². The second-order valence-corrected chi connectivity index (χ2v) is 3.38. The monoisotopic (exact) mass is 234 g/mol. The zero-order valence-electron chi connectivity index (χ0n) is 9.84. The number of para-hydroxylation sites is 1. The van der Waals surface area contributed by atoms with Crippen LogP contribution in [-0.4, -0.2) is 31.7 Å². The summed E-state index contributed by atoms with van der Waals surface area (Å²) in [6, 6.07) is 9.16. The van der Waals surface area contributed by atoms with Crippen molar-refractivity contribution in [3.05, 3.63) is 29.8 Å². The van der Waals surface area contributed by atoms with Crippen molar-refractivity contribution in [3.8, 4) is 11.8 Å². The van der Waals surface area contributed by atoms with Gasteiger partial charge in [-0.2, -0.15) is 5.26 Å². The van der Waals surface area contributed by atoms with Crippen molar-refractivity contribution in [1.82, 2.24) is 4.90 Å². The Kier molecular flexibility index (Phi) is 4.82. The van der Waals surface area contributed by atoms with E-state index >= 15 is 0 Å². The van der Waals surface area contributed by atoms with Crippen LogP contribution in [0.3, 0.4) is 0 Å². The fourth-order valence-corrected chi connectivity index (χ4v) is 1.24. The zero-order chi connectivity index (χ0) is 12.7. The molecule has 5 nitrogen and oxygen atoms in total. The first-order valence-electron chi connectivity index (χ1n) is 5.05. The zero-order valence-corrected chi connectivity index (χ0v) is 9.84. The number of benzene rings is 1. The lowest BCUT2D eigenvalue weighted by Gasteiger charge is -2.14. The highest BCUT2D eigenvalue weighted by atomic mass is 16.6. The number of nitriles is 1. The van der Waals surface area contributed by atoms with Gasteiger partial charge in [0.25, 0.3) is 0 Å². The summed E-state index contributed by atoms with van der Waals surface area (Å²) in [6.07, 6.45) is -0.530. The number of carbonyl (C=O) groups is 1. The van der Waals surface area contributed by atoms with Crippen LogP contribution in [-0.2, 0) is 11.3 Å². The number of ether oxygens (including phenoxy) is 2. The van der Waals surface area contributed by atoms with Gasteiger partial charge < -0.3 is 9.47 Å². The Labute approximate surface area is 100 Å². The Morgan fingerprint density at radius 2 is 2.18 bits per heavy atom. The Morgan fingerprint density at radius 3 is 2.82 bits per heavy atom. The molecule has 0 unspecified atom stereocenters. The molecule has 0 saturated carbocycles. The molecule has 90 valence electrons. The number of carbonyl (C=O) groups excluding carboxylic acids is 1.